The molecule has 112 valence electrons. The van der Waals surface area contributed by atoms with Gasteiger partial charge in [-0.1, -0.05) is 6.07 Å². The van der Waals surface area contributed by atoms with Crippen molar-refractivity contribution >= 4 is 0 Å². The van der Waals surface area contributed by atoms with Crippen LogP contribution in [0.5, 0.6) is 11.6 Å². The van der Waals surface area contributed by atoms with Gasteiger partial charge in [0, 0.05) is 18.9 Å². The Hall–Kier alpha value is -2.15. The molecule has 1 aromatic carbocycles. The number of halogens is 4. The van der Waals surface area contributed by atoms with Gasteiger partial charge in [0.1, 0.15) is 11.6 Å². The molecule has 1 N–H and O–H groups in total. The number of ether oxygens (including phenoxy) is 1. The molecular formula is C14H11F4NO2. The Morgan fingerprint density at radius 1 is 1.14 bits per heavy atom. The lowest BCUT2D eigenvalue weighted by atomic mass is 10.2. The molecule has 0 saturated carbocycles. The summed E-state index contributed by atoms with van der Waals surface area (Å²) in [7, 11) is 0. The number of pyridine rings is 1. The normalized spacial score (nSPS) is 11.5. The van der Waals surface area contributed by atoms with Crippen LogP contribution in [0.25, 0.3) is 0 Å². The smallest absolute Gasteiger partial charge is 0.419 e. The van der Waals surface area contributed by atoms with Crippen LogP contribution in [-0.4, -0.2) is 16.7 Å². The third-order valence-electron chi connectivity index (χ3n) is 2.66. The van der Waals surface area contributed by atoms with Gasteiger partial charge in [-0.15, -0.1) is 0 Å². The molecule has 2 rings (SSSR count). The molecule has 0 aliphatic heterocycles. The number of aromatic nitrogens is 1. The molecule has 0 atom stereocenters. The fourth-order valence-corrected chi connectivity index (χ4v) is 1.65. The second-order valence-corrected chi connectivity index (χ2v) is 4.22. The highest BCUT2D eigenvalue weighted by Crippen LogP contribution is 2.34. The molecule has 0 fully saturated rings. The van der Waals surface area contributed by atoms with Crippen LogP contribution in [-0.2, 0) is 12.6 Å². The second-order valence-electron chi connectivity index (χ2n) is 4.22. The van der Waals surface area contributed by atoms with Crippen LogP contribution in [0.4, 0.5) is 17.6 Å². The SMILES string of the molecule is OCCc1ccc(Oc2ccc(F)c(C(F)(F)F)c2)nc1. The van der Waals surface area contributed by atoms with Crippen LogP contribution in [0.1, 0.15) is 11.1 Å². The quantitative estimate of drug-likeness (QED) is 0.878. The molecule has 1 aromatic heterocycles. The monoisotopic (exact) mass is 301 g/mol. The Morgan fingerprint density at radius 2 is 1.90 bits per heavy atom. The molecule has 0 aliphatic carbocycles. The number of rotatable bonds is 4. The van der Waals surface area contributed by atoms with E-state index in [-0.39, 0.29) is 18.2 Å². The van der Waals surface area contributed by atoms with Gasteiger partial charge in [0.15, 0.2) is 0 Å². The van der Waals surface area contributed by atoms with E-state index in [1.807, 2.05) is 0 Å². The van der Waals surface area contributed by atoms with Crippen molar-refractivity contribution < 1.29 is 27.4 Å². The van der Waals surface area contributed by atoms with E-state index in [2.05, 4.69) is 4.98 Å². The molecule has 7 heteroatoms. The maximum Gasteiger partial charge on any atom is 0.419 e. The van der Waals surface area contributed by atoms with Gasteiger partial charge in [0.2, 0.25) is 5.88 Å². The zero-order valence-corrected chi connectivity index (χ0v) is 10.7. The summed E-state index contributed by atoms with van der Waals surface area (Å²) in [4.78, 5) is 3.90. The lowest BCUT2D eigenvalue weighted by Gasteiger charge is -2.10. The van der Waals surface area contributed by atoms with Crippen molar-refractivity contribution in [2.75, 3.05) is 6.61 Å². The minimum atomic E-state index is -4.79. The van der Waals surface area contributed by atoms with Crippen molar-refractivity contribution in [3.63, 3.8) is 0 Å². The number of benzene rings is 1. The topological polar surface area (TPSA) is 42.4 Å². The number of aliphatic hydroxyl groups is 1. The highest BCUT2D eigenvalue weighted by atomic mass is 19.4. The third kappa shape index (κ3) is 3.91. The zero-order chi connectivity index (χ0) is 15.5. The van der Waals surface area contributed by atoms with Crippen LogP contribution in [0, 0.1) is 5.82 Å². The van der Waals surface area contributed by atoms with Crippen molar-refractivity contribution in [3.05, 3.63) is 53.5 Å². The summed E-state index contributed by atoms with van der Waals surface area (Å²) in [6, 6.07) is 5.46. The third-order valence-corrected chi connectivity index (χ3v) is 2.66. The van der Waals surface area contributed by atoms with E-state index in [4.69, 9.17) is 9.84 Å². The second kappa shape index (κ2) is 6.09. The minimum Gasteiger partial charge on any atom is -0.439 e. The first-order valence-electron chi connectivity index (χ1n) is 6.00. The molecule has 1 heterocycles. The van der Waals surface area contributed by atoms with E-state index in [0.29, 0.717) is 18.6 Å². The average molecular weight is 301 g/mol. The summed E-state index contributed by atoms with van der Waals surface area (Å²) in [6.45, 7) is -0.0329. The van der Waals surface area contributed by atoms with Crippen LogP contribution in [0.3, 0.4) is 0 Å². The van der Waals surface area contributed by atoms with Gasteiger partial charge in [0.05, 0.1) is 5.56 Å². The highest BCUT2D eigenvalue weighted by Gasteiger charge is 2.34. The van der Waals surface area contributed by atoms with Crippen LogP contribution >= 0.6 is 0 Å². The molecule has 21 heavy (non-hydrogen) atoms. The van der Waals surface area contributed by atoms with Gasteiger partial charge < -0.3 is 9.84 Å². The number of hydrogen-bond acceptors (Lipinski definition) is 3. The van der Waals surface area contributed by atoms with E-state index >= 15 is 0 Å². The standard InChI is InChI=1S/C14H11F4NO2/c15-12-3-2-10(7-11(12)14(16,17)18)21-13-4-1-9(5-6-20)8-19-13/h1-4,7-8,20H,5-6H2. The summed E-state index contributed by atoms with van der Waals surface area (Å²) >= 11 is 0. The summed E-state index contributed by atoms with van der Waals surface area (Å²) in [5, 5.41) is 8.76. The van der Waals surface area contributed by atoms with Gasteiger partial charge >= 0.3 is 6.18 Å². The molecule has 0 spiro atoms. The minimum absolute atomic E-state index is 0.0329. The summed E-state index contributed by atoms with van der Waals surface area (Å²) in [5.41, 5.74) is -0.628. The fourth-order valence-electron chi connectivity index (χ4n) is 1.65. The molecule has 0 saturated heterocycles. The summed E-state index contributed by atoms with van der Waals surface area (Å²) in [5.74, 6) is -1.44. The summed E-state index contributed by atoms with van der Waals surface area (Å²) < 4.78 is 56.0. The van der Waals surface area contributed by atoms with Crippen LogP contribution < -0.4 is 4.74 Å². The van der Waals surface area contributed by atoms with Crippen molar-refractivity contribution in [1.29, 1.82) is 0 Å². The maximum atomic E-state index is 13.1. The Kier molecular flexibility index (Phi) is 4.42. The lowest BCUT2D eigenvalue weighted by Crippen LogP contribution is -2.08. The van der Waals surface area contributed by atoms with Gasteiger partial charge in [-0.3, -0.25) is 0 Å². The Morgan fingerprint density at radius 3 is 2.48 bits per heavy atom. The predicted octanol–water partition coefficient (Wildman–Crippen LogP) is 3.57. The van der Waals surface area contributed by atoms with E-state index < -0.39 is 17.6 Å². The Labute approximate surface area is 117 Å². The average Bonchev–Trinajstić information content (AvgIpc) is 2.42. The van der Waals surface area contributed by atoms with Gasteiger partial charge in [-0.25, -0.2) is 9.37 Å². The Balaban J connectivity index is 2.20. The van der Waals surface area contributed by atoms with Crippen molar-refractivity contribution in [2.45, 2.75) is 12.6 Å². The van der Waals surface area contributed by atoms with Crippen molar-refractivity contribution in [1.82, 2.24) is 4.98 Å². The van der Waals surface area contributed by atoms with Gasteiger partial charge in [-0.2, -0.15) is 13.2 Å². The van der Waals surface area contributed by atoms with E-state index in [9.17, 15) is 17.6 Å². The predicted molar refractivity (Wildman–Crippen MR) is 66.5 cm³/mol. The highest BCUT2D eigenvalue weighted by molar-refractivity contribution is 5.34. The van der Waals surface area contributed by atoms with Crippen molar-refractivity contribution in [3.8, 4) is 11.6 Å². The lowest BCUT2D eigenvalue weighted by molar-refractivity contribution is -0.140. The van der Waals surface area contributed by atoms with Gasteiger partial charge in [-0.05, 0) is 30.2 Å². The first-order valence-corrected chi connectivity index (χ1v) is 6.00. The van der Waals surface area contributed by atoms with E-state index in [1.165, 1.54) is 12.3 Å². The van der Waals surface area contributed by atoms with Gasteiger partial charge in [0.25, 0.3) is 0 Å². The number of hydrogen-bond donors (Lipinski definition) is 1. The molecular weight excluding hydrogens is 290 g/mol. The number of alkyl halides is 3. The first kappa shape index (κ1) is 15.2. The fraction of sp³-hybridized carbons (Fsp3) is 0.214. The molecule has 0 bridgehead atoms. The Bertz CT molecular complexity index is 611. The molecule has 3 nitrogen and oxygen atoms in total. The largest absolute Gasteiger partial charge is 0.439 e. The molecule has 0 aliphatic rings. The summed E-state index contributed by atoms with van der Waals surface area (Å²) in [6.07, 6.45) is -2.93. The molecule has 2 aromatic rings. The van der Waals surface area contributed by atoms with Crippen LogP contribution in [0.2, 0.25) is 0 Å². The van der Waals surface area contributed by atoms with E-state index in [1.54, 1.807) is 6.07 Å². The maximum absolute atomic E-state index is 13.1. The molecule has 0 unspecified atom stereocenters. The molecule has 0 radical (unpaired) electrons. The number of nitrogens with zero attached hydrogens (tertiary/aromatic N) is 1. The zero-order valence-electron chi connectivity index (χ0n) is 10.7. The van der Waals surface area contributed by atoms with E-state index in [0.717, 1.165) is 11.6 Å². The van der Waals surface area contributed by atoms with Crippen molar-refractivity contribution in [2.24, 2.45) is 0 Å². The molecule has 0 amide bonds. The van der Waals surface area contributed by atoms with Crippen LogP contribution in [0.15, 0.2) is 36.5 Å². The first-order chi connectivity index (χ1) is 9.90. The number of aliphatic hydroxyl groups excluding tert-OH is 1.